The zero-order valence-corrected chi connectivity index (χ0v) is 20.6. The molecule has 0 spiro atoms. The number of H-pyrrole nitrogens is 1. The highest BCUT2D eigenvalue weighted by Gasteiger charge is 2.13. The van der Waals surface area contributed by atoms with E-state index in [1.807, 2.05) is 43.3 Å². The Morgan fingerprint density at radius 1 is 0.973 bits per heavy atom. The molecule has 0 aliphatic rings. The molecule has 4 rings (SSSR count). The summed E-state index contributed by atoms with van der Waals surface area (Å²) in [6, 6.07) is 21.8. The summed E-state index contributed by atoms with van der Waals surface area (Å²) in [5, 5.41) is 10.9. The van der Waals surface area contributed by atoms with Crippen LogP contribution in [0.15, 0.2) is 77.9 Å². The molecule has 0 aliphatic heterocycles. The van der Waals surface area contributed by atoms with Gasteiger partial charge in [-0.2, -0.15) is 10.2 Å². The van der Waals surface area contributed by atoms with Gasteiger partial charge in [-0.05, 0) is 54.4 Å². The van der Waals surface area contributed by atoms with E-state index in [0.717, 1.165) is 11.1 Å². The zero-order valence-electron chi connectivity index (χ0n) is 20.6. The number of ether oxygens (including phenoxy) is 3. The number of esters is 1. The van der Waals surface area contributed by atoms with Crippen LogP contribution in [0.5, 0.6) is 11.5 Å². The fourth-order valence-corrected chi connectivity index (χ4v) is 3.43. The molecule has 0 fully saturated rings. The van der Waals surface area contributed by atoms with E-state index in [9.17, 15) is 9.59 Å². The number of methoxy groups -OCH3 is 2. The first-order chi connectivity index (χ1) is 18.0. The van der Waals surface area contributed by atoms with E-state index in [0.29, 0.717) is 34.9 Å². The van der Waals surface area contributed by atoms with Crippen LogP contribution in [0.2, 0.25) is 0 Å². The molecule has 1 heterocycles. The quantitative estimate of drug-likeness (QED) is 0.199. The highest BCUT2D eigenvalue weighted by atomic mass is 16.5. The molecule has 1 aromatic heterocycles. The first kappa shape index (κ1) is 25.2. The zero-order chi connectivity index (χ0) is 26.2. The van der Waals surface area contributed by atoms with Gasteiger partial charge in [0.05, 0.1) is 31.7 Å². The molecule has 37 heavy (non-hydrogen) atoms. The molecule has 3 aromatic carbocycles. The molecule has 9 nitrogen and oxygen atoms in total. The fraction of sp³-hybridized carbons (Fsp3) is 0.143. The molecule has 188 valence electrons. The topological polar surface area (TPSA) is 115 Å². The fourth-order valence-electron chi connectivity index (χ4n) is 3.43. The van der Waals surface area contributed by atoms with Gasteiger partial charge in [0.2, 0.25) is 0 Å². The van der Waals surface area contributed by atoms with Gasteiger partial charge in [-0.3, -0.25) is 9.89 Å². The van der Waals surface area contributed by atoms with Crippen LogP contribution in [-0.4, -0.2) is 42.5 Å². The number of carbonyl (C=O) groups is 2. The number of carbonyl (C=O) groups excluding carboxylic acids is 2. The number of nitrogens with zero attached hydrogens (tertiary/aromatic N) is 2. The smallest absolute Gasteiger partial charge is 0.337 e. The van der Waals surface area contributed by atoms with Crippen molar-refractivity contribution < 1.29 is 23.8 Å². The van der Waals surface area contributed by atoms with Gasteiger partial charge in [0, 0.05) is 5.56 Å². The van der Waals surface area contributed by atoms with Crippen LogP contribution in [0.3, 0.4) is 0 Å². The third-order valence-electron chi connectivity index (χ3n) is 5.51. The third kappa shape index (κ3) is 6.40. The van der Waals surface area contributed by atoms with Gasteiger partial charge in [-0.15, -0.1) is 0 Å². The van der Waals surface area contributed by atoms with Crippen LogP contribution in [0.1, 0.15) is 37.5 Å². The van der Waals surface area contributed by atoms with Crippen molar-refractivity contribution in [3.8, 4) is 22.8 Å². The van der Waals surface area contributed by atoms with Gasteiger partial charge in [0.1, 0.15) is 12.3 Å². The Kier molecular flexibility index (Phi) is 7.95. The minimum Gasteiger partial charge on any atom is -0.493 e. The average Bonchev–Trinajstić information content (AvgIpc) is 3.43. The number of hydrazone groups is 1. The maximum Gasteiger partial charge on any atom is 0.337 e. The average molecular weight is 499 g/mol. The molecular formula is C28H26N4O5. The summed E-state index contributed by atoms with van der Waals surface area (Å²) in [7, 11) is 2.89. The van der Waals surface area contributed by atoms with Crippen LogP contribution in [-0.2, 0) is 11.3 Å². The highest BCUT2D eigenvalue weighted by molar-refractivity contribution is 5.94. The lowest BCUT2D eigenvalue weighted by molar-refractivity contribution is 0.0600. The van der Waals surface area contributed by atoms with Crippen molar-refractivity contribution in [2.24, 2.45) is 5.10 Å². The summed E-state index contributed by atoms with van der Waals surface area (Å²) in [5.41, 5.74) is 7.39. The lowest BCUT2D eigenvalue weighted by atomic mass is 10.1. The van der Waals surface area contributed by atoms with Gasteiger partial charge >= 0.3 is 5.97 Å². The largest absolute Gasteiger partial charge is 0.493 e. The van der Waals surface area contributed by atoms with Crippen LogP contribution in [0.4, 0.5) is 0 Å². The molecule has 0 saturated heterocycles. The van der Waals surface area contributed by atoms with E-state index < -0.39 is 11.9 Å². The van der Waals surface area contributed by atoms with E-state index in [4.69, 9.17) is 9.47 Å². The maximum atomic E-state index is 12.5. The van der Waals surface area contributed by atoms with E-state index in [-0.39, 0.29) is 5.69 Å². The minimum absolute atomic E-state index is 0.242. The van der Waals surface area contributed by atoms with E-state index in [1.165, 1.54) is 18.9 Å². The Bertz CT molecular complexity index is 1410. The second-order valence-corrected chi connectivity index (χ2v) is 8.12. The lowest BCUT2D eigenvalue weighted by Gasteiger charge is -2.12. The Balaban J connectivity index is 1.38. The lowest BCUT2D eigenvalue weighted by Crippen LogP contribution is -2.18. The Labute approximate surface area is 214 Å². The second-order valence-electron chi connectivity index (χ2n) is 8.12. The van der Waals surface area contributed by atoms with Crippen LogP contribution in [0.25, 0.3) is 11.3 Å². The van der Waals surface area contributed by atoms with Crippen molar-refractivity contribution >= 4 is 18.1 Å². The number of aromatic amines is 1. The standard InChI is InChI=1S/C28H26N4O5/c1-18-4-6-20(7-5-18)17-37-25-13-12-22(14-26(25)35-2)23-15-24(31-30-23)27(33)32-29-16-19-8-10-21(11-9-19)28(34)36-3/h4-16H,17H2,1-3H3,(H,30,31)(H,32,33)/b29-16+. The minimum atomic E-state index is -0.453. The predicted octanol–water partition coefficient (Wildman–Crippen LogP) is 4.52. The summed E-state index contributed by atoms with van der Waals surface area (Å²) in [4.78, 5) is 24.0. The number of aryl methyl sites for hydroxylation is 1. The summed E-state index contributed by atoms with van der Waals surface area (Å²) >= 11 is 0. The van der Waals surface area contributed by atoms with Crippen molar-refractivity contribution in [3.63, 3.8) is 0 Å². The van der Waals surface area contributed by atoms with Crippen molar-refractivity contribution in [1.82, 2.24) is 15.6 Å². The van der Waals surface area contributed by atoms with Crippen molar-refractivity contribution in [1.29, 1.82) is 0 Å². The van der Waals surface area contributed by atoms with Crippen molar-refractivity contribution in [3.05, 3.63) is 101 Å². The number of hydrogen-bond acceptors (Lipinski definition) is 7. The molecule has 9 heteroatoms. The number of nitrogens with one attached hydrogen (secondary N) is 2. The maximum absolute atomic E-state index is 12.5. The van der Waals surface area contributed by atoms with Gasteiger partial charge < -0.3 is 14.2 Å². The number of rotatable bonds is 9. The van der Waals surface area contributed by atoms with Crippen molar-refractivity contribution in [2.75, 3.05) is 14.2 Å². The molecule has 1 amide bonds. The van der Waals surface area contributed by atoms with E-state index in [2.05, 4.69) is 25.5 Å². The second kappa shape index (κ2) is 11.7. The molecule has 0 saturated carbocycles. The Morgan fingerprint density at radius 3 is 2.43 bits per heavy atom. The number of hydrogen-bond donors (Lipinski definition) is 2. The Hall–Kier alpha value is -4.92. The van der Waals surface area contributed by atoms with E-state index >= 15 is 0 Å². The summed E-state index contributed by atoms with van der Waals surface area (Å²) < 4.78 is 16.1. The van der Waals surface area contributed by atoms with Gasteiger partial charge in [0.25, 0.3) is 5.91 Å². The molecule has 0 radical (unpaired) electrons. The molecule has 0 unspecified atom stereocenters. The number of benzene rings is 3. The summed E-state index contributed by atoms with van der Waals surface area (Å²) in [6.07, 6.45) is 1.47. The molecular weight excluding hydrogens is 472 g/mol. The summed E-state index contributed by atoms with van der Waals surface area (Å²) in [5.74, 6) is 0.288. The predicted molar refractivity (Wildman–Crippen MR) is 139 cm³/mol. The van der Waals surface area contributed by atoms with Gasteiger partial charge in [-0.25, -0.2) is 10.2 Å². The molecule has 4 aromatic rings. The highest BCUT2D eigenvalue weighted by Crippen LogP contribution is 2.32. The van der Waals surface area contributed by atoms with E-state index in [1.54, 1.807) is 43.5 Å². The Morgan fingerprint density at radius 2 is 1.73 bits per heavy atom. The van der Waals surface area contributed by atoms with Crippen LogP contribution >= 0.6 is 0 Å². The normalized spacial score (nSPS) is 10.8. The van der Waals surface area contributed by atoms with Crippen molar-refractivity contribution in [2.45, 2.75) is 13.5 Å². The number of aromatic nitrogens is 2. The molecule has 0 bridgehead atoms. The monoisotopic (exact) mass is 498 g/mol. The number of amides is 1. The third-order valence-corrected chi connectivity index (χ3v) is 5.51. The first-order valence-corrected chi connectivity index (χ1v) is 11.4. The van der Waals surface area contributed by atoms with Crippen LogP contribution < -0.4 is 14.9 Å². The van der Waals surface area contributed by atoms with Crippen LogP contribution in [0, 0.1) is 6.92 Å². The molecule has 0 aliphatic carbocycles. The SMILES string of the molecule is COC(=O)c1ccc(/C=N/NC(=O)c2cc(-c3ccc(OCc4ccc(C)cc4)c(OC)c3)n[nH]2)cc1. The summed E-state index contributed by atoms with van der Waals surface area (Å²) in [6.45, 7) is 2.46. The van der Waals surface area contributed by atoms with Gasteiger partial charge in [0.15, 0.2) is 11.5 Å². The molecule has 2 N–H and O–H groups in total. The first-order valence-electron chi connectivity index (χ1n) is 11.4. The van der Waals surface area contributed by atoms with Gasteiger partial charge in [-0.1, -0.05) is 42.0 Å². The molecule has 0 atom stereocenters.